The molecule has 0 bridgehead atoms. The van der Waals surface area contributed by atoms with Crippen LogP contribution in [0, 0.1) is 6.92 Å². The standard InChI is InChI=1S/C18H26N4O3/c1-4-6-22(7-5-2)18(23)14-13(3)25-17-15(14)16(19-12-20-17)21-8-10-24-11-9-21/h12H,4-11H2,1-3H3. The predicted octanol–water partition coefficient (Wildman–Crippen LogP) is 2.63. The molecule has 0 atom stereocenters. The molecule has 0 aliphatic carbocycles. The van der Waals surface area contributed by atoms with Crippen LogP contribution in [0.1, 0.15) is 42.8 Å². The van der Waals surface area contributed by atoms with E-state index in [0.717, 1.165) is 50.2 Å². The summed E-state index contributed by atoms with van der Waals surface area (Å²) in [5, 5.41) is 0.726. The number of fused-ring (bicyclic) bond motifs is 1. The van der Waals surface area contributed by atoms with Gasteiger partial charge >= 0.3 is 0 Å². The minimum Gasteiger partial charge on any atom is -0.442 e. The molecule has 0 saturated carbocycles. The van der Waals surface area contributed by atoms with Gasteiger partial charge in [-0.1, -0.05) is 13.8 Å². The summed E-state index contributed by atoms with van der Waals surface area (Å²) < 4.78 is 11.2. The Labute approximate surface area is 148 Å². The molecule has 1 amide bonds. The fourth-order valence-electron chi connectivity index (χ4n) is 3.31. The van der Waals surface area contributed by atoms with E-state index in [1.165, 1.54) is 6.33 Å². The van der Waals surface area contributed by atoms with Gasteiger partial charge in [0, 0.05) is 26.2 Å². The molecule has 1 aliphatic rings. The molecular weight excluding hydrogens is 320 g/mol. The number of anilines is 1. The lowest BCUT2D eigenvalue weighted by Crippen LogP contribution is -2.37. The van der Waals surface area contributed by atoms with Crippen LogP contribution in [-0.2, 0) is 4.74 Å². The van der Waals surface area contributed by atoms with Crippen molar-refractivity contribution in [2.75, 3.05) is 44.3 Å². The van der Waals surface area contributed by atoms with Crippen LogP contribution in [0.2, 0.25) is 0 Å². The van der Waals surface area contributed by atoms with Crippen LogP contribution in [0.4, 0.5) is 5.82 Å². The first-order valence-corrected chi connectivity index (χ1v) is 9.03. The molecule has 0 N–H and O–H groups in total. The van der Waals surface area contributed by atoms with Crippen LogP contribution >= 0.6 is 0 Å². The van der Waals surface area contributed by atoms with Gasteiger partial charge in [-0.2, -0.15) is 0 Å². The zero-order valence-corrected chi connectivity index (χ0v) is 15.2. The van der Waals surface area contributed by atoms with Crippen LogP contribution in [0.3, 0.4) is 0 Å². The normalized spacial score (nSPS) is 14.9. The average Bonchev–Trinajstić information content (AvgIpc) is 2.97. The SMILES string of the molecule is CCCN(CCC)C(=O)c1c(C)oc2ncnc(N3CCOCC3)c12. The van der Waals surface area contributed by atoms with Crippen molar-refractivity contribution in [1.82, 2.24) is 14.9 Å². The zero-order chi connectivity index (χ0) is 17.8. The Balaban J connectivity index is 2.07. The van der Waals surface area contributed by atoms with E-state index in [0.29, 0.717) is 30.3 Å². The van der Waals surface area contributed by atoms with E-state index in [-0.39, 0.29) is 5.91 Å². The smallest absolute Gasteiger partial charge is 0.258 e. The minimum atomic E-state index is 0.00394. The second kappa shape index (κ2) is 7.82. The largest absolute Gasteiger partial charge is 0.442 e. The van der Waals surface area contributed by atoms with E-state index in [4.69, 9.17) is 9.15 Å². The Morgan fingerprint density at radius 3 is 2.52 bits per heavy atom. The summed E-state index contributed by atoms with van der Waals surface area (Å²) in [4.78, 5) is 26.0. The van der Waals surface area contributed by atoms with Crippen molar-refractivity contribution in [3.8, 4) is 0 Å². The van der Waals surface area contributed by atoms with Crippen LogP contribution < -0.4 is 4.90 Å². The molecule has 3 rings (SSSR count). The van der Waals surface area contributed by atoms with Gasteiger partial charge in [0.25, 0.3) is 5.91 Å². The molecular formula is C18H26N4O3. The number of aromatic nitrogens is 2. The molecule has 3 heterocycles. The number of carbonyl (C=O) groups excluding carboxylic acids is 1. The van der Waals surface area contributed by atoms with Crippen molar-refractivity contribution >= 4 is 22.8 Å². The van der Waals surface area contributed by atoms with Gasteiger partial charge in [0.2, 0.25) is 5.71 Å². The maximum atomic E-state index is 13.2. The first-order chi connectivity index (χ1) is 12.2. The molecule has 25 heavy (non-hydrogen) atoms. The first-order valence-electron chi connectivity index (χ1n) is 9.03. The van der Waals surface area contributed by atoms with Crippen molar-refractivity contribution in [2.45, 2.75) is 33.6 Å². The molecule has 0 aromatic carbocycles. The number of rotatable bonds is 6. The molecule has 1 fully saturated rings. The number of ether oxygens (including phenoxy) is 1. The highest BCUT2D eigenvalue weighted by atomic mass is 16.5. The van der Waals surface area contributed by atoms with E-state index in [1.54, 1.807) is 0 Å². The van der Waals surface area contributed by atoms with E-state index in [9.17, 15) is 4.79 Å². The predicted molar refractivity (Wildman–Crippen MR) is 96.1 cm³/mol. The maximum Gasteiger partial charge on any atom is 0.258 e. The number of aryl methyl sites for hydroxylation is 1. The lowest BCUT2D eigenvalue weighted by Gasteiger charge is -2.28. The van der Waals surface area contributed by atoms with Gasteiger partial charge in [0.05, 0.1) is 24.2 Å². The highest BCUT2D eigenvalue weighted by Gasteiger charge is 2.28. The number of hydrogen-bond acceptors (Lipinski definition) is 6. The Morgan fingerprint density at radius 2 is 1.88 bits per heavy atom. The van der Waals surface area contributed by atoms with Crippen molar-refractivity contribution in [3.63, 3.8) is 0 Å². The van der Waals surface area contributed by atoms with Gasteiger partial charge < -0.3 is 19.0 Å². The number of nitrogens with zero attached hydrogens (tertiary/aromatic N) is 4. The van der Waals surface area contributed by atoms with E-state index < -0.39 is 0 Å². The second-order valence-corrected chi connectivity index (χ2v) is 6.30. The third-order valence-electron chi connectivity index (χ3n) is 4.44. The van der Waals surface area contributed by atoms with Gasteiger partial charge in [-0.3, -0.25) is 4.79 Å². The highest BCUT2D eigenvalue weighted by Crippen LogP contribution is 2.32. The van der Waals surface area contributed by atoms with Gasteiger partial charge in [0.15, 0.2) is 0 Å². The second-order valence-electron chi connectivity index (χ2n) is 6.30. The summed E-state index contributed by atoms with van der Waals surface area (Å²) in [6.07, 6.45) is 3.35. The van der Waals surface area contributed by atoms with Crippen molar-refractivity contribution in [3.05, 3.63) is 17.7 Å². The number of hydrogen-bond donors (Lipinski definition) is 0. The van der Waals surface area contributed by atoms with Crippen molar-refractivity contribution < 1.29 is 13.9 Å². The number of furan rings is 1. The topological polar surface area (TPSA) is 71.7 Å². The minimum absolute atomic E-state index is 0.00394. The van der Waals surface area contributed by atoms with Gasteiger partial charge in [-0.05, 0) is 19.8 Å². The molecule has 0 unspecified atom stereocenters. The molecule has 1 saturated heterocycles. The van der Waals surface area contributed by atoms with E-state index in [2.05, 4.69) is 28.7 Å². The molecule has 7 nitrogen and oxygen atoms in total. The van der Waals surface area contributed by atoms with Crippen molar-refractivity contribution in [2.24, 2.45) is 0 Å². The fourth-order valence-corrected chi connectivity index (χ4v) is 3.31. The van der Waals surface area contributed by atoms with Crippen LogP contribution in [0.5, 0.6) is 0 Å². The van der Waals surface area contributed by atoms with Crippen LogP contribution in [0.15, 0.2) is 10.7 Å². The van der Waals surface area contributed by atoms with Gasteiger partial charge in [-0.15, -0.1) is 0 Å². The Kier molecular flexibility index (Phi) is 5.53. The van der Waals surface area contributed by atoms with Crippen LogP contribution in [0.25, 0.3) is 11.1 Å². The lowest BCUT2D eigenvalue weighted by molar-refractivity contribution is 0.0755. The molecule has 0 radical (unpaired) electrons. The summed E-state index contributed by atoms with van der Waals surface area (Å²) in [7, 11) is 0. The Morgan fingerprint density at radius 1 is 1.20 bits per heavy atom. The van der Waals surface area contributed by atoms with Gasteiger partial charge in [0.1, 0.15) is 17.9 Å². The lowest BCUT2D eigenvalue weighted by atomic mass is 10.1. The summed E-state index contributed by atoms with van der Waals surface area (Å²) in [5.41, 5.74) is 1.07. The fraction of sp³-hybridized carbons (Fsp3) is 0.611. The molecule has 1 aliphatic heterocycles. The summed E-state index contributed by atoms with van der Waals surface area (Å²) in [6.45, 7) is 10.3. The van der Waals surface area contributed by atoms with Crippen molar-refractivity contribution in [1.29, 1.82) is 0 Å². The van der Waals surface area contributed by atoms with E-state index >= 15 is 0 Å². The molecule has 136 valence electrons. The Bertz CT molecular complexity index is 731. The highest BCUT2D eigenvalue weighted by molar-refractivity contribution is 6.10. The molecule has 2 aromatic rings. The number of carbonyl (C=O) groups is 1. The molecule has 0 spiro atoms. The third-order valence-corrected chi connectivity index (χ3v) is 4.44. The molecule has 7 heteroatoms. The van der Waals surface area contributed by atoms with Gasteiger partial charge in [-0.25, -0.2) is 9.97 Å². The van der Waals surface area contributed by atoms with E-state index in [1.807, 2.05) is 11.8 Å². The van der Waals surface area contributed by atoms with Crippen LogP contribution in [-0.4, -0.2) is 60.2 Å². The number of amides is 1. The third kappa shape index (κ3) is 3.46. The Hall–Kier alpha value is -2.15. The summed E-state index contributed by atoms with van der Waals surface area (Å²) >= 11 is 0. The quantitative estimate of drug-likeness (QED) is 0.801. The zero-order valence-electron chi connectivity index (χ0n) is 15.2. The summed E-state index contributed by atoms with van der Waals surface area (Å²) in [6, 6.07) is 0. The monoisotopic (exact) mass is 346 g/mol. The first kappa shape index (κ1) is 17.7. The average molecular weight is 346 g/mol. The maximum absolute atomic E-state index is 13.2. The number of morpholine rings is 1. The molecule has 2 aromatic heterocycles. The summed E-state index contributed by atoms with van der Waals surface area (Å²) in [5.74, 6) is 1.37.